The number of hydrogen-bond donors (Lipinski definition) is 0. The zero-order valence-electron chi connectivity index (χ0n) is 19.8. The van der Waals surface area contributed by atoms with E-state index in [1.165, 1.54) is 7.11 Å². The summed E-state index contributed by atoms with van der Waals surface area (Å²) in [5.74, 6) is -0.976. The van der Waals surface area contributed by atoms with Crippen molar-refractivity contribution < 1.29 is 33.3 Å². The Labute approximate surface area is 206 Å². The first-order valence-corrected chi connectivity index (χ1v) is 11.3. The third-order valence-corrected chi connectivity index (χ3v) is 5.07. The lowest BCUT2D eigenvalue weighted by Gasteiger charge is -2.34. The normalized spacial score (nSPS) is 15.3. The first kappa shape index (κ1) is 31.0. The topological polar surface area (TPSA) is 88.1 Å². The number of esters is 1. The molecule has 0 saturated carbocycles. The van der Waals surface area contributed by atoms with E-state index in [1.54, 1.807) is 40.7 Å². The quantitative estimate of drug-likeness (QED) is 0.183. The Morgan fingerprint density at radius 2 is 1.59 bits per heavy atom. The average Bonchev–Trinajstić information content (AvgIpc) is 2.61. The molecule has 0 aliphatic carbocycles. The minimum Gasteiger partial charge on any atom is -0.460 e. The third kappa shape index (κ3) is 12.3. The van der Waals surface area contributed by atoms with Gasteiger partial charge in [0.2, 0.25) is 3.79 Å². The summed E-state index contributed by atoms with van der Waals surface area (Å²) in [5.41, 5.74) is -1.72. The first-order chi connectivity index (χ1) is 14.4. The van der Waals surface area contributed by atoms with Gasteiger partial charge in [0, 0.05) is 13.5 Å². The third-order valence-electron chi connectivity index (χ3n) is 4.74. The van der Waals surface area contributed by atoms with Crippen molar-refractivity contribution in [2.24, 2.45) is 11.3 Å². The fourth-order valence-corrected chi connectivity index (χ4v) is 3.03. The highest BCUT2D eigenvalue weighted by Crippen LogP contribution is 2.32. The van der Waals surface area contributed by atoms with Crippen molar-refractivity contribution in [1.29, 1.82) is 0 Å². The molecular weight excluding hydrogens is 483 g/mol. The fourth-order valence-electron chi connectivity index (χ4n) is 2.87. The molecular formula is C22H35Cl3O7. The van der Waals surface area contributed by atoms with Gasteiger partial charge in [0.05, 0.1) is 17.9 Å². The average molecular weight is 518 g/mol. The number of carbonyl (C=O) groups is 3. The maximum Gasteiger partial charge on any atom is 0.508 e. The Morgan fingerprint density at radius 3 is 2.03 bits per heavy atom. The van der Waals surface area contributed by atoms with Crippen LogP contribution in [0.15, 0.2) is 12.7 Å². The van der Waals surface area contributed by atoms with Crippen molar-refractivity contribution in [2.45, 2.75) is 82.4 Å². The van der Waals surface area contributed by atoms with Crippen LogP contribution >= 0.6 is 34.8 Å². The molecule has 0 rings (SSSR count). The van der Waals surface area contributed by atoms with Gasteiger partial charge in [-0.2, -0.15) is 0 Å². The molecule has 0 spiro atoms. The van der Waals surface area contributed by atoms with E-state index in [0.29, 0.717) is 6.42 Å². The van der Waals surface area contributed by atoms with E-state index in [1.807, 2.05) is 6.92 Å². The minimum absolute atomic E-state index is 0.106. The molecule has 0 aromatic rings. The van der Waals surface area contributed by atoms with Crippen LogP contribution in [-0.2, 0) is 28.5 Å². The molecule has 7 nitrogen and oxygen atoms in total. The Morgan fingerprint density at radius 1 is 1.03 bits per heavy atom. The molecule has 0 heterocycles. The van der Waals surface area contributed by atoms with Gasteiger partial charge in [0.25, 0.3) is 0 Å². The van der Waals surface area contributed by atoms with E-state index in [-0.39, 0.29) is 24.5 Å². The van der Waals surface area contributed by atoms with Crippen molar-refractivity contribution in [2.75, 3.05) is 13.7 Å². The molecule has 0 fully saturated rings. The van der Waals surface area contributed by atoms with Crippen LogP contribution in [0.3, 0.4) is 0 Å². The van der Waals surface area contributed by atoms with E-state index in [0.717, 1.165) is 0 Å². The second kappa shape index (κ2) is 13.0. The number of alkyl halides is 3. The molecule has 0 aliphatic heterocycles. The van der Waals surface area contributed by atoms with E-state index >= 15 is 0 Å². The zero-order valence-corrected chi connectivity index (χ0v) is 22.1. The van der Waals surface area contributed by atoms with Crippen LogP contribution in [0.2, 0.25) is 0 Å². The van der Waals surface area contributed by atoms with Crippen molar-refractivity contribution in [3.8, 4) is 0 Å². The molecule has 0 unspecified atom stereocenters. The molecule has 0 bridgehead atoms. The van der Waals surface area contributed by atoms with Gasteiger partial charge in [-0.15, -0.1) is 6.58 Å². The molecule has 0 radical (unpaired) electrons. The molecule has 0 aromatic carbocycles. The number of carbonyl (C=O) groups excluding carboxylic acids is 3. The summed E-state index contributed by atoms with van der Waals surface area (Å²) in [6, 6.07) is 0. The monoisotopic (exact) mass is 516 g/mol. The van der Waals surface area contributed by atoms with Crippen LogP contribution in [-0.4, -0.2) is 53.2 Å². The van der Waals surface area contributed by atoms with Crippen molar-refractivity contribution in [3.63, 3.8) is 0 Å². The molecule has 0 N–H and O–H groups in total. The molecule has 32 heavy (non-hydrogen) atoms. The molecule has 10 heteroatoms. The summed E-state index contributed by atoms with van der Waals surface area (Å²) in [5, 5.41) is 0. The van der Waals surface area contributed by atoms with Gasteiger partial charge in [-0.25, -0.2) is 4.79 Å². The number of rotatable bonds is 12. The second-order valence-electron chi connectivity index (χ2n) is 9.18. The lowest BCUT2D eigenvalue weighted by Crippen LogP contribution is -2.43. The number of halogens is 3. The number of methoxy groups -OCH3 is 1. The summed E-state index contributed by atoms with van der Waals surface area (Å²) in [6.07, 6.45) is -0.700. The minimum atomic E-state index is -1.79. The van der Waals surface area contributed by atoms with E-state index in [4.69, 9.17) is 53.8 Å². The Bertz CT molecular complexity index is 651. The number of allylic oxidation sites excluding steroid dienone is 1. The van der Waals surface area contributed by atoms with Gasteiger partial charge < -0.3 is 18.9 Å². The SMILES string of the molecule is C=CC[C@H](C)[C@@H](CC(=O)C(C)(C)[C@H](CC(=O)OC(C)(C)C)OC)OC(=O)OCC(Cl)(Cl)Cl. The lowest BCUT2D eigenvalue weighted by atomic mass is 9.77. The predicted molar refractivity (Wildman–Crippen MR) is 125 cm³/mol. The largest absolute Gasteiger partial charge is 0.508 e. The molecule has 0 saturated heterocycles. The van der Waals surface area contributed by atoms with Gasteiger partial charge >= 0.3 is 12.1 Å². The molecule has 0 amide bonds. The van der Waals surface area contributed by atoms with Gasteiger partial charge in [-0.05, 0) is 33.1 Å². The van der Waals surface area contributed by atoms with E-state index in [2.05, 4.69) is 6.58 Å². The van der Waals surface area contributed by atoms with Crippen LogP contribution in [0, 0.1) is 11.3 Å². The highest BCUT2D eigenvalue weighted by Gasteiger charge is 2.41. The first-order valence-electron chi connectivity index (χ1n) is 10.2. The summed E-state index contributed by atoms with van der Waals surface area (Å²) in [4.78, 5) is 37.5. The Balaban J connectivity index is 5.37. The van der Waals surface area contributed by atoms with Crippen LogP contribution < -0.4 is 0 Å². The maximum absolute atomic E-state index is 13.2. The van der Waals surface area contributed by atoms with Crippen LogP contribution in [0.1, 0.15) is 60.8 Å². The van der Waals surface area contributed by atoms with E-state index < -0.39 is 45.7 Å². The predicted octanol–water partition coefficient (Wildman–Crippen LogP) is 5.82. The van der Waals surface area contributed by atoms with Gasteiger partial charge in [0.1, 0.15) is 24.1 Å². The Kier molecular flexibility index (Phi) is 12.6. The number of hydrogen-bond acceptors (Lipinski definition) is 7. The van der Waals surface area contributed by atoms with Crippen LogP contribution in [0.25, 0.3) is 0 Å². The van der Waals surface area contributed by atoms with Crippen molar-refractivity contribution in [3.05, 3.63) is 12.7 Å². The second-order valence-corrected chi connectivity index (χ2v) is 11.7. The van der Waals surface area contributed by atoms with E-state index in [9.17, 15) is 14.4 Å². The van der Waals surface area contributed by atoms with Crippen LogP contribution in [0.5, 0.6) is 0 Å². The highest BCUT2D eigenvalue weighted by molar-refractivity contribution is 6.67. The summed E-state index contributed by atoms with van der Waals surface area (Å²) >= 11 is 16.7. The maximum atomic E-state index is 13.2. The standard InChI is InChI=1S/C22H35Cl3O7/c1-9-10-14(2)15(31-19(28)30-13-22(23,24)25)11-16(26)21(6,7)17(29-8)12-18(27)32-20(3,4)5/h9,14-15,17H,1,10-13H2,2-8H3/t14-,15+,17-/m0/s1. The fraction of sp³-hybridized carbons (Fsp3) is 0.773. The molecule has 0 aliphatic rings. The van der Waals surface area contributed by atoms with Crippen LogP contribution in [0.4, 0.5) is 4.79 Å². The van der Waals surface area contributed by atoms with Gasteiger partial charge in [-0.3, -0.25) is 9.59 Å². The van der Waals surface area contributed by atoms with Gasteiger partial charge in [-0.1, -0.05) is 61.7 Å². The Hall–Kier alpha value is -1.02. The van der Waals surface area contributed by atoms with Gasteiger partial charge in [0.15, 0.2) is 0 Å². The number of ether oxygens (including phenoxy) is 4. The summed E-state index contributed by atoms with van der Waals surface area (Å²) in [6.45, 7) is 13.6. The lowest BCUT2D eigenvalue weighted by molar-refractivity contribution is -0.161. The zero-order chi connectivity index (χ0) is 25.3. The smallest absolute Gasteiger partial charge is 0.460 e. The molecule has 0 aromatic heterocycles. The molecule has 3 atom stereocenters. The summed E-state index contributed by atoms with van der Waals surface area (Å²) < 4.78 is 19.2. The molecule has 186 valence electrons. The van der Waals surface area contributed by atoms with Crippen molar-refractivity contribution >= 4 is 52.7 Å². The van der Waals surface area contributed by atoms with Crippen molar-refractivity contribution in [1.82, 2.24) is 0 Å². The summed E-state index contributed by atoms with van der Waals surface area (Å²) in [7, 11) is 1.42. The number of Topliss-reactive ketones (excluding diaryl/α,β-unsaturated/α-hetero) is 1. The number of ketones is 1. The highest BCUT2D eigenvalue weighted by atomic mass is 35.6.